The monoisotopic (exact) mass is 426 g/mol. The highest BCUT2D eigenvalue weighted by atomic mass is 35.5. The van der Waals surface area contributed by atoms with Crippen molar-refractivity contribution >= 4 is 39.3 Å². The Morgan fingerprint density at radius 2 is 1.93 bits per heavy atom. The second kappa shape index (κ2) is 7.20. The van der Waals surface area contributed by atoms with Gasteiger partial charge in [-0.2, -0.15) is 0 Å². The number of aromatic nitrogens is 3. The number of amides is 1. The maximum Gasteiger partial charge on any atom is 0.282 e. The second-order valence-corrected chi connectivity index (χ2v) is 7.07. The van der Waals surface area contributed by atoms with Crippen molar-refractivity contribution in [2.75, 3.05) is 0 Å². The molecule has 9 nitrogen and oxygen atoms in total. The van der Waals surface area contributed by atoms with E-state index in [1.54, 1.807) is 12.1 Å². The first-order valence-electron chi connectivity index (χ1n) is 8.84. The zero-order valence-electron chi connectivity index (χ0n) is 15.5. The normalized spacial score (nSPS) is 12.2. The minimum absolute atomic E-state index is 0.00290. The predicted molar refractivity (Wildman–Crippen MR) is 111 cm³/mol. The van der Waals surface area contributed by atoms with Gasteiger partial charge in [0.15, 0.2) is 0 Å². The highest BCUT2D eigenvalue weighted by Gasteiger charge is 2.21. The molecular formula is C20H15ClN4O5. The van der Waals surface area contributed by atoms with Gasteiger partial charge >= 0.3 is 0 Å². The summed E-state index contributed by atoms with van der Waals surface area (Å²) in [5, 5.41) is 26.8. The summed E-state index contributed by atoms with van der Waals surface area (Å²) in [6.07, 6.45) is -1.03. The van der Waals surface area contributed by atoms with E-state index in [1.807, 2.05) is 0 Å². The second-order valence-electron chi connectivity index (χ2n) is 6.63. The standard InChI is InChI=1S/C20H15ClN4O5/c1-9(22-18(28)12-4-2-3-5-14(12)26)25-20(30)15-16(19(29)24-25)23-13-8-10(21)6-7-11(13)17(15)27/h2-9,26H,1H3,(H,22,28)(H,23,27)(H,24,29). The van der Waals surface area contributed by atoms with Crippen molar-refractivity contribution in [2.24, 2.45) is 0 Å². The first-order chi connectivity index (χ1) is 14.3. The van der Waals surface area contributed by atoms with Gasteiger partial charge in [0.2, 0.25) is 5.43 Å². The summed E-state index contributed by atoms with van der Waals surface area (Å²) in [4.78, 5) is 41.1. The van der Waals surface area contributed by atoms with Crippen LogP contribution in [-0.4, -0.2) is 30.9 Å². The van der Waals surface area contributed by atoms with E-state index in [0.717, 1.165) is 4.68 Å². The molecule has 0 spiro atoms. The number of aromatic hydroxyl groups is 2. The van der Waals surface area contributed by atoms with E-state index in [1.165, 1.54) is 37.3 Å². The fourth-order valence-corrected chi connectivity index (χ4v) is 3.38. The van der Waals surface area contributed by atoms with E-state index in [-0.39, 0.29) is 27.6 Å². The number of para-hydroxylation sites is 1. The molecule has 152 valence electrons. The van der Waals surface area contributed by atoms with E-state index in [9.17, 15) is 24.6 Å². The van der Waals surface area contributed by atoms with Crippen LogP contribution in [0.4, 0.5) is 0 Å². The summed E-state index contributed by atoms with van der Waals surface area (Å²) in [6.45, 7) is 1.45. The molecule has 0 saturated heterocycles. The molecule has 4 rings (SSSR count). The fraction of sp³-hybridized carbons (Fsp3) is 0.100. The summed E-state index contributed by atoms with van der Waals surface area (Å²) in [5.41, 5.74) is -1.19. The van der Waals surface area contributed by atoms with Crippen molar-refractivity contribution in [1.82, 2.24) is 20.1 Å². The SMILES string of the molecule is CC(NC(=O)c1ccccc1O)n1nc(O)c2[nH]c3cc(Cl)ccc3c(=O)c2c1=O. The molecule has 30 heavy (non-hydrogen) atoms. The topological polar surface area (TPSA) is 137 Å². The minimum Gasteiger partial charge on any atom is -0.507 e. The van der Waals surface area contributed by atoms with Crippen LogP contribution in [0.1, 0.15) is 23.4 Å². The molecule has 0 radical (unpaired) electrons. The summed E-state index contributed by atoms with van der Waals surface area (Å²) in [5.74, 6) is -1.48. The van der Waals surface area contributed by atoms with E-state index in [2.05, 4.69) is 15.4 Å². The number of aromatic amines is 1. The first kappa shape index (κ1) is 19.5. The number of nitrogens with zero attached hydrogens (tertiary/aromatic N) is 2. The van der Waals surface area contributed by atoms with Gasteiger partial charge < -0.3 is 20.5 Å². The minimum atomic E-state index is -1.03. The Morgan fingerprint density at radius 3 is 2.67 bits per heavy atom. The van der Waals surface area contributed by atoms with Crippen molar-refractivity contribution in [3.05, 3.63) is 73.6 Å². The third-order valence-corrected chi connectivity index (χ3v) is 4.90. The fourth-order valence-electron chi connectivity index (χ4n) is 3.20. The van der Waals surface area contributed by atoms with E-state index >= 15 is 0 Å². The van der Waals surface area contributed by atoms with Gasteiger partial charge in [0.05, 0.1) is 11.1 Å². The molecule has 10 heteroatoms. The number of pyridine rings is 1. The van der Waals surface area contributed by atoms with Gasteiger partial charge in [-0.1, -0.05) is 23.7 Å². The molecular weight excluding hydrogens is 412 g/mol. The van der Waals surface area contributed by atoms with Crippen LogP contribution < -0.4 is 16.3 Å². The molecule has 0 aliphatic heterocycles. The number of rotatable bonds is 3. The van der Waals surface area contributed by atoms with E-state index < -0.39 is 28.9 Å². The lowest BCUT2D eigenvalue weighted by Crippen LogP contribution is -2.38. The molecule has 4 aromatic rings. The van der Waals surface area contributed by atoms with Crippen molar-refractivity contribution < 1.29 is 15.0 Å². The first-order valence-corrected chi connectivity index (χ1v) is 9.21. The molecule has 1 amide bonds. The number of phenolic OH excluding ortho intramolecular Hbond substituents is 1. The number of H-pyrrole nitrogens is 1. The third-order valence-electron chi connectivity index (χ3n) is 4.67. The molecule has 2 aromatic heterocycles. The van der Waals surface area contributed by atoms with Gasteiger partial charge in [-0.15, -0.1) is 5.10 Å². The Kier molecular flexibility index (Phi) is 4.67. The number of phenols is 1. The Labute approximate surface area is 173 Å². The van der Waals surface area contributed by atoms with Crippen molar-refractivity contribution in [1.29, 1.82) is 0 Å². The average Bonchev–Trinajstić information content (AvgIpc) is 2.70. The molecule has 0 aliphatic carbocycles. The van der Waals surface area contributed by atoms with Crippen LogP contribution in [0.3, 0.4) is 0 Å². The van der Waals surface area contributed by atoms with Crippen LogP contribution in [0.25, 0.3) is 21.8 Å². The number of halogens is 1. The number of carbonyl (C=O) groups is 1. The van der Waals surface area contributed by atoms with Crippen LogP contribution >= 0.6 is 11.6 Å². The zero-order valence-corrected chi connectivity index (χ0v) is 16.3. The maximum absolute atomic E-state index is 13.0. The third kappa shape index (κ3) is 3.15. The Morgan fingerprint density at radius 1 is 1.20 bits per heavy atom. The van der Waals surface area contributed by atoms with Gasteiger partial charge in [0, 0.05) is 10.4 Å². The van der Waals surface area contributed by atoms with Gasteiger partial charge in [-0.3, -0.25) is 14.4 Å². The lowest BCUT2D eigenvalue weighted by Gasteiger charge is -2.17. The highest BCUT2D eigenvalue weighted by molar-refractivity contribution is 6.31. The van der Waals surface area contributed by atoms with Gasteiger partial charge in [-0.25, -0.2) is 4.68 Å². The lowest BCUT2D eigenvalue weighted by atomic mass is 10.1. The van der Waals surface area contributed by atoms with Crippen LogP contribution in [0.5, 0.6) is 11.6 Å². The molecule has 4 N–H and O–H groups in total. The molecule has 2 heterocycles. The quantitative estimate of drug-likeness (QED) is 0.371. The summed E-state index contributed by atoms with van der Waals surface area (Å²) in [6, 6.07) is 10.4. The number of benzene rings is 2. The average molecular weight is 427 g/mol. The highest BCUT2D eigenvalue weighted by Crippen LogP contribution is 2.22. The van der Waals surface area contributed by atoms with Crippen LogP contribution in [0.2, 0.25) is 5.02 Å². The summed E-state index contributed by atoms with van der Waals surface area (Å²) in [7, 11) is 0. The van der Waals surface area contributed by atoms with Crippen molar-refractivity contribution in [2.45, 2.75) is 13.1 Å². The number of fused-ring (bicyclic) bond motifs is 2. The molecule has 0 fully saturated rings. The molecule has 1 unspecified atom stereocenters. The predicted octanol–water partition coefficient (Wildman–Crippen LogP) is 2.25. The lowest BCUT2D eigenvalue weighted by molar-refractivity contribution is 0.0916. The number of hydrogen-bond acceptors (Lipinski definition) is 6. The zero-order chi connectivity index (χ0) is 21.6. The van der Waals surface area contributed by atoms with Crippen molar-refractivity contribution in [3.63, 3.8) is 0 Å². The molecule has 2 aromatic carbocycles. The molecule has 1 atom stereocenters. The number of nitrogens with one attached hydrogen (secondary N) is 2. The van der Waals surface area contributed by atoms with Gasteiger partial charge in [-0.05, 0) is 37.3 Å². The van der Waals surface area contributed by atoms with Crippen LogP contribution in [0.15, 0.2) is 52.1 Å². The number of hydrogen-bond donors (Lipinski definition) is 4. The Hall–Kier alpha value is -3.85. The van der Waals surface area contributed by atoms with E-state index in [4.69, 9.17) is 11.6 Å². The number of carbonyl (C=O) groups excluding carboxylic acids is 1. The Balaban J connectivity index is 1.84. The van der Waals surface area contributed by atoms with Crippen LogP contribution in [-0.2, 0) is 0 Å². The maximum atomic E-state index is 13.0. The van der Waals surface area contributed by atoms with Gasteiger partial charge in [0.25, 0.3) is 17.3 Å². The van der Waals surface area contributed by atoms with Crippen molar-refractivity contribution in [3.8, 4) is 11.6 Å². The molecule has 0 aliphatic rings. The largest absolute Gasteiger partial charge is 0.507 e. The smallest absolute Gasteiger partial charge is 0.282 e. The summed E-state index contributed by atoms with van der Waals surface area (Å²) >= 11 is 5.95. The van der Waals surface area contributed by atoms with E-state index in [0.29, 0.717) is 10.5 Å². The molecule has 0 bridgehead atoms. The van der Waals surface area contributed by atoms with Crippen LogP contribution in [0, 0.1) is 0 Å². The Bertz CT molecular complexity index is 1440. The summed E-state index contributed by atoms with van der Waals surface area (Å²) < 4.78 is 0.798. The molecule has 0 saturated carbocycles. The van der Waals surface area contributed by atoms with Gasteiger partial charge in [0.1, 0.15) is 22.8 Å².